The number of aryl methyl sites for hydroxylation is 2. The van der Waals surface area contributed by atoms with Crippen molar-refractivity contribution in [1.29, 1.82) is 0 Å². The van der Waals surface area contributed by atoms with Gasteiger partial charge in [0, 0.05) is 19.2 Å². The molecule has 0 aliphatic rings. The molecule has 154 valence electrons. The summed E-state index contributed by atoms with van der Waals surface area (Å²) in [4.78, 5) is 7.34. The molecule has 0 amide bonds. The summed E-state index contributed by atoms with van der Waals surface area (Å²) in [5.74, 6) is 2.53. The number of rotatable bonds is 9. The summed E-state index contributed by atoms with van der Waals surface area (Å²) in [5.41, 5.74) is 3.52. The second-order valence-electron chi connectivity index (χ2n) is 7.45. The summed E-state index contributed by atoms with van der Waals surface area (Å²) >= 11 is 0. The Balaban J connectivity index is 2.01. The number of hydrogen-bond donors (Lipinski definition) is 0. The Labute approximate surface area is 174 Å². The Hall–Kier alpha value is -2.82. The molecule has 1 aromatic heterocycles. The van der Waals surface area contributed by atoms with E-state index in [2.05, 4.69) is 62.1 Å². The molecule has 0 saturated carbocycles. The third kappa shape index (κ3) is 4.61. The van der Waals surface area contributed by atoms with Crippen LogP contribution in [0.4, 0.5) is 5.95 Å². The quantitative estimate of drug-likeness (QED) is 0.478. The van der Waals surface area contributed by atoms with Crippen molar-refractivity contribution in [3.63, 3.8) is 0 Å². The maximum absolute atomic E-state index is 5.35. The van der Waals surface area contributed by atoms with Crippen molar-refractivity contribution in [3.05, 3.63) is 59.7 Å². The third-order valence-electron chi connectivity index (χ3n) is 5.27. The first kappa shape index (κ1) is 20.9. The van der Waals surface area contributed by atoms with Crippen molar-refractivity contribution in [2.24, 2.45) is 7.05 Å². The summed E-state index contributed by atoms with van der Waals surface area (Å²) in [6, 6.07) is 17.1. The molecule has 29 heavy (non-hydrogen) atoms. The van der Waals surface area contributed by atoms with Gasteiger partial charge in [0.2, 0.25) is 5.95 Å². The topological polar surface area (TPSA) is 43.2 Å². The number of ether oxygens (including phenoxy) is 1. The van der Waals surface area contributed by atoms with Gasteiger partial charge >= 0.3 is 0 Å². The standard InChI is InChI=1S/C24H32N4O/c1-6-11-22(19-12-9-8-10-13-19)28(16-7-2)24-25-23(27(4)26-24)21-15-14-20(29-5)17-18(21)3/h8-10,12-15,17,22H,6-7,11,16H2,1-5H3. The van der Waals surface area contributed by atoms with Crippen LogP contribution in [-0.2, 0) is 7.05 Å². The average molecular weight is 393 g/mol. The van der Waals surface area contributed by atoms with Crippen LogP contribution in [0, 0.1) is 6.92 Å². The van der Waals surface area contributed by atoms with E-state index in [0.29, 0.717) is 0 Å². The highest BCUT2D eigenvalue weighted by molar-refractivity contribution is 5.63. The van der Waals surface area contributed by atoms with Gasteiger partial charge in [-0.05, 0) is 49.1 Å². The van der Waals surface area contributed by atoms with Gasteiger partial charge in [0.25, 0.3) is 0 Å². The van der Waals surface area contributed by atoms with E-state index in [-0.39, 0.29) is 6.04 Å². The number of benzene rings is 2. The molecular weight excluding hydrogens is 360 g/mol. The summed E-state index contributed by atoms with van der Waals surface area (Å²) < 4.78 is 7.24. The Kier molecular flexibility index (Phi) is 6.91. The summed E-state index contributed by atoms with van der Waals surface area (Å²) in [6.07, 6.45) is 3.22. The van der Waals surface area contributed by atoms with E-state index >= 15 is 0 Å². The second-order valence-corrected chi connectivity index (χ2v) is 7.45. The number of nitrogens with zero attached hydrogens (tertiary/aromatic N) is 4. The minimum atomic E-state index is 0.272. The molecule has 1 heterocycles. The van der Waals surface area contributed by atoms with Crippen molar-refractivity contribution in [3.8, 4) is 17.1 Å². The molecule has 3 aromatic rings. The first-order chi connectivity index (χ1) is 14.1. The number of aromatic nitrogens is 3. The first-order valence-corrected chi connectivity index (χ1v) is 10.5. The molecule has 3 rings (SSSR count). The lowest BCUT2D eigenvalue weighted by Gasteiger charge is -2.31. The van der Waals surface area contributed by atoms with Crippen molar-refractivity contribution >= 4 is 5.95 Å². The highest BCUT2D eigenvalue weighted by Crippen LogP contribution is 2.32. The van der Waals surface area contributed by atoms with Gasteiger partial charge in [0.05, 0.1) is 13.2 Å². The van der Waals surface area contributed by atoms with Gasteiger partial charge in [0.15, 0.2) is 5.82 Å². The van der Waals surface area contributed by atoms with Gasteiger partial charge in [-0.15, -0.1) is 5.10 Å². The van der Waals surface area contributed by atoms with Crippen LogP contribution in [-0.4, -0.2) is 28.4 Å². The lowest BCUT2D eigenvalue weighted by atomic mass is 10.0. The van der Waals surface area contributed by atoms with Crippen molar-refractivity contribution in [2.75, 3.05) is 18.6 Å². The molecule has 0 saturated heterocycles. The predicted octanol–water partition coefficient (Wildman–Crippen LogP) is 5.56. The minimum Gasteiger partial charge on any atom is -0.497 e. The maximum Gasteiger partial charge on any atom is 0.245 e. The fourth-order valence-corrected chi connectivity index (χ4v) is 3.83. The number of anilines is 1. The van der Waals surface area contributed by atoms with E-state index in [1.807, 2.05) is 23.9 Å². The van der Waals surface area contributed by atoms with Gasteiger partial charge in [-0.1, -0.05) is 50.6 Å². The van der Waals surface area contributed by atoms with Crippen LogP contribution in [0.1, 0.15) is 50.3 Å². The van der Waals surface area contributed by atoms with Crippen molar-refractivity contribution < 1.29 is 4.74 Å². The highest BCUT2D eigenvalue weighted by Gasteiger charge is 2.24. The second kappa shape index (κ2) is 9.59. The van der Waals surface area contributed by atoms with Gasteiger partial charge in [-0.3, -0.25) is 0 Å². The zero-order valence-corrected chi connectivity index (χ0v) is 18.2. The van der Waals surface area contributed by atoms with Crippen LogP contribution >= 0.6 is 0 Å². The van der Waals surface area contributed by atoms with Gasteiger partial charge < -0.3 is 9.64 Å². The highest BCUT2D eigenvalue weighted by atomic mass is 16.5. The van der Waals surface area contributed by atoms with E-state index in [4.69, 9.17) is 14.8 Å². The monoisotopic (exact) mass is 392 g/mol. The zero-order chi connectivity index (χ0) is 20.8. The Morgan fingerprint density at radius 3 is 2.45 bits per heavy atom. The summed E-state index contributed by atoms with van der Waals surface area (Å²) in [5, 5.41) is 4.82. The molecule has 2 aromatic carbocycles. The Morgan fingerprint density at radius 1 is 1.07 bits per heavy atom. The van der Waals surface area contributed by atoms with E-state index < -0.39 is 0 Å². The van der Waals surface area contributed by atoms with Gasteiger partial charge in [-0.2, -0.15) is 4.98 Å². The Bertz CT molecular complexity index is 920. The molecule has 0 N–H and O–H groups in total. The molecule has 0 radical (unpaired) electrons. The van der Waals surface area contributed by atoms with Crippen molar-refractivity contribution in [1.82, 2.24) is 14.8 Å². The number of hydrogen-bond acceptors (Lipinski definition) is 4. The first-order valence-electron chi connectivity index (χ1n) is 10.5. The van der Waals surface area contributed by atoms with Crippen LogP contribution < -0.4 is 9.64 Å². The minimum absolute atomic E-state index is 0.272. The van der Waals surface area contributed by atoms with Crippen LogP contribution in [0.3, 0.4) is 0 Å². The lowest BCUT2D eigenvalue weighted by molar-refractivity contribution is 0.414. The number of methoxy groups -OCH3 is 1. The molecule has 1 atom stereocenters. The lowest BCUT2D eigenvalue weighted by Crippen LogP contribution is -2.30. The van der Waals surface area contributed by atoms with E-state index in [1.54, 1.807) is 7.11 Å². The average Bonchev–Trinajstić information content (AvgIpc) is 3.12. The summed E-state index contributed by atoms with van der Waals surface area (Å²) in [7, 11) is 3.66. The fraction of sp³-hybridized carbons (Fsp3) is 0.417. The van der Waals surface area contributed by atoms with Crippen LogP contribution in [0.25, 0.3) is 11.4 Å². The molecule has 0 spiro atoms. The SMILES string of the molecule is CCCC(c1ccccc1)N(CCC)c1nc(-c2ccc(OC)cc2C)n(C)n1. The third-order valence-corrected chi connectivity index (χ3v) is 5.27. The van der Waals surface area contributed by atoms with Gasteiger partial charge in [-0.25, -0.2) is 4.68 Å². The molecule has 0 bridgehead atoms. The normalized spacial score (nSPS) is 12.0. The van der Waals surface area contributed by atoms with Crippen LogP contribution in [0.15, 0.2) is 48.5 Å². The fourth-order valence-electron chi connectivity index (χ4n) is 3.83. The van der Waals surface area contributed by atoms with Crippen LogP contribution in [0.5, 0.6) is 5.75 Å². The smallest absolute Gasteiger partial charge is 0.245 e. The van der Waals surface area contributed by atoms with Crippen LogP contribution in [0.2, 0.25) is 0 Å². The molecular formula is C24H32N4O. The van der Waals surface area contributed by atoms with Gasteiger partial charge in [0.1, 0.15) is 5.75 Å². The summed E-state index contributed by atoms with van der Waals surface area (Å²) in [6.45, 7) is 7.45. The largest absolute Gasteiger partial charge is 0.497 e. The van der Waals surface area contributed by atoms with E-state index in [0.717, 1.165) is 54.5 Å². The molecule has 1 unspecified atom stereocenters. The van der Waals surface area contributed by atoms with E-state index in [9.17, 15) is 0 Å². The molecule has 5 nitrogen and oxygen atoms in total. The molecule has 0 aliphatic heterocycles. The predicted molar refractivity (Wildman–Crippen MR) is 119 cm³/mol. The van der Waals surface area contributed by atoms with Crippen molar-refractivity contribution in [2.45, 2.75) is 46.1 Å². The maximum atomic E-state index is 5.35. The zero-order valence-electron chi connectivity index (χ0n) is 18.2. The molecule has 0 aliphatic carbocycles. The molecule has 5 heteroatoms. The molecule has 0 fully saturated rings. The Morgan fingerprint density at radius 2 is 1.83 bits per heavy atom. The van der Waals surface area contributed by atoms with E-state index in [1.165, 1.54) is 5.56 Å².